The molecular formula is C18H17BrFN5O2. The second-order valence-electron chi connectivity index (χ2n) is 5.90. The number of hydrogen-bond donors (Lipinski definition) is 1. The summed E-state index contributed by atoms with van der Waals surface area (Å²) >= 11 is 3.40. The van der Waals surface area contributed by atoms with Crippen molar-refractivity contribution in [2.24, 2.45) is 7.05 Å². The number of halogens is 2. The maximum atomic E-state index is 13.3. The number of aryl methyl sites for hydroxylation is 2. The van der Waals surface area contributed by atoms with Gasteiger partial charge in [0.05, 0.1) is 11.4 Å². The number of nitrogens with zero attached hydrogens (tertiary/aromatic N) is 4. The van der Waals surface area contributed by atoms with Crippen molar-refractivity contribution in [2.45, 2.75) is 20.0 Å². The standard InChI is InChI=1S/C18H17BrFN5O2/c1-10-14(19)7-8-15(21-10)16-17(25(3)24-23-16)22-18(26)27-11(2)12-5-4-6-13(20)9-12/h4-9,11H,1-3H3,(H,22,26). The molecule has 7 nitrogen and oxygen atoms in total. The molecule has 0 saturated carbocycles. The van der Waals surface area contributed by atoms with E-state index in [2.05, 4.69) is 36.5 Å². The lowest BCUT2D eigenvalue weighted by Gasteiger charge is -2.14. The summed E-state index contributed by atoms with van der Waals surface area (Å²) in [5.74, 6) is -0.0428. The zero-order chi connectivity index (χ0) is 19.6. The van der Waals surface area contributed by atoms with Gasteiger partial charge in [0.25, 0.3) is 0 Å². The van der Waals surface area contributed by atoms with Gasteiger partial charge >= 0.3 is 6.09 Å². The molecule has 0 aliphatic heterocycles. The molecule has 27 heavy (non-hydrogen) atoms. The summed E-state index contributed by atoms with van der Waals surface area (Å²) < 4.78 is 21.0. The minimum absolute atomic E-state index is 0.348. The summed E-state index contributed by atoms with van der Waals surface area (Å²) in [6.45, 7) is 3.52. The Morgan fingerprint density at radius 1 is 1.33 bits per heavy atom. The highest BCUT2D eigenvalue weighted by molar-refractivity contribution is 9.10. The molecule has 0 aliphatic carbocycles. The molecule has 0 saturated heterocycles. The first-order chi connectivity index (χ1) is 12.8. The molecule has 3 aromatic rings. The van der Waals surface area contributed by atoms with Crippen LogP contribution in [0.25, 0.3) is 11.4 Å². The first kappa shape index (κ1) is 19.0. The Bertz CT molecular complexity index is 992. The number of anilines is 1. The van der Waals surface area contributed by atoms with E-state index >= 15 is 0 Å². The van der Waals surface area contributed by atoms with E-state index in [1.165, 1.54) is 16.8 Å². The van der Waals surface area contributed by atoms with Gasteiger partial charge < -0.3 is 4.74 Å². The van der Waals surface area contributed by atoms with Gasteiger partial charge in [-0.05, 0) is 59.6 Å². The number of benzene rings is 1. The predicted molar refractivity (Wildman–Crippen MR) is 102 cm³/mol. The number of nitrogens with one attached hydrogen (secondary N) is 1. The smallest absolute Gasteiger partial charge is 0.413 e. The largest absolute Gasteiger partial charge is 0.441 e. The van der Waals surface area contributed by atoms with Crippen molar-refractivity contribution >= 4 is 27.8 Å². The van der Waals surface area contributed by atoms with E-state index in [0.29, 0.717) is 22.8 Å². The molecule has 9 heteroatoms. The number of hydrogen-bond acceptors (Lipinski definition) is 5. The van der Waals surface area contributed by atoms with Crippen LogP contribution in [0, 0.1) is 12.7 Å². The fourth-order valence-electron chi connectivity index (χ4n) is 2.46. The number of pyridine rings is 1. The van der Waals surface area contributed by atoms with Crippen molar-refractivity contribution in [1.82, 2.24) is 20.0 Å². The highest BCUT2D eigenvalue weighted by Gasteiger charge is 2.19. The summed E-state index contributed by atoms with van der Waals surface area (Å²) in [5.41, 5.74) is 2.32. The van der Waals surface area contributed by atoms with Crippen LogP contribution in [0.2, 0.25) is 0 Å². The summed E-state index contributed by atoms with van der Waals surface area (Å²) in [7, 11) is 1.65. The number of amides is 1. The lowest BCUT2D eigenvalue weighted by Crippen LogP contribution is -2.18. The van der Waals surface area contributed by atoms with Crippen LogP contribution >= 0.6 is 15.9 Å². The van der Waals surface area contributed by atoms with Crippen molar-refractivity contribution in [3.8, 4) is 11.4 Å². The molecule has 0 fully saturated rings. The van der Waals surface area contributed by atoms with Gasteiger partial charge in [-0.15, -0.1) is 5.10 Å². The molecule has 1 aromatic carbocycles. The monoisotopic (exact) mass is 433 g/mol. The molecule has 0 aliphatic rings. The Labute approximate surface area is 163 Å². The Hall–Kier alpha value is -2.81. The zero-order valence-electron chi connectivity index (χ0n) is 14.9. The van der Waals surface area contributed by atoms with Gasteiger partial charge in [0.2, 0.25) is 0 Å². The van der Waals surface area contributed by atoms with Crippen LogP contribution in [-0.4, -0.2) is 26.1 Å². The quantitative estimate of drug-likeness (QED) is 0.659. The van der Waals surface area contributed by atoms with E-state index < -0.39 is 18.0 Å². The van der Waals surface area contributed by atoms with E-state index in [4.69, 9.17) is 4.74 Å². The second kappa shape index (κ2) is 7.83. The van der Waals surface area contributed by atoms with Gasteiger partial charge in [0.15, 0.2) is 11.5 Å². The van der Waals surface area contributed by atoms with Crippen LogP contribution < -0.4 is 5.32 Å². The molecule has 2 heterocycles. The van der Waals surface area contributed by atoms with E-state index in [9.17, 15) is 9.18 Å². The topological polar surface area (TPSA) is 81.9 Å². The summed E-state index contributed by atoms with van der Waals surface area (Å²) in [6.07, 6.45) is -1.33. The van der Waals surface area contributed by atoms with Gasteiger partial charge in [-0.2, -0.15) is 0 Å². The second-order valence-corrected chi connectivity index (χ2v) is 6.76. The minimum Gasteiger partial charge on any atom is -0.441 e. The summed E-state index contributed by atoms with van der Waals surface area (Å²) in [4.78, 5) is 16.8. The summed E-state index contributed by atoms with van der Waals surface area (Å²) in [5, 5.41) is 10.7. The van der Waals surface area contributed by atoms with Crippen LogP contribution in [0.5, 0.6) is 0 Å². The SMILES string of the molecule is Cc1nc(-c2nnn(C)c2NC(=O)OC(C)c2cccc(F)c2)ccc1Br. The van der Waals surface area contributed by atoms with Crippen LogP contribution in [0.3, 0.4) is 0 Å². The average molecular weight is 434 g/mol. The third-order valence-electron chi connectivity index (χ3n) is 3.91. The first-order valence-electron chi connectivity index (χ1n) is 8.11. The fraction of sp³-hybridized carbons (Fsp3) is 0.222. The normalized spacial score (nSPS) is 11.9. The van der Waals surface area contributed by atoms with Crippen LogP contribution in [0.4, 0.5) is 15.0 Å². The molecule has 3 rings (SSSR count). The van der Waals surface area contributed by atoms with Crippen LogP contribution in [0.15, 0.2) is 40.9 Å². The van der Waals surface area contributed by atoms with Crippen molar-refractivity contribution in [1.29, 1.82) is 0 Å². The van der Waals surface area contributed by atoms with Gasteiger partial charge in [0.1, 0.15) is 11.9 Å². The number of rotatable bonds is 4. The lowest BCUT2D eigenvalue weighted by molar-refractivity contribution is 0.121. The maximum Gasteiger partial charge on any atom is 0.413 e. The van der Waals surface area contributed by atoms with E-state index in [1.807, 2.05) is 13.0 Å². The lowest BCUT2D eigenvalue weighted by atomic mass is 10.1. The van der Waals surface area contributed by atoms with Crippen molar-refractivity contribution in [3.05, 3.63) is 57.9 Å². The van der Waals surface area contributed by atoms with E-state index in [0.717, 1.165) is 10.2 Å². The predicted octanol–water partition coefficient (Wildman–Crippen LogP) is 4.40. The van der Waals surface area contributed by atoms with Crippen molar-refractivity contribution in [2.75, 3.05) is 5.32 Å². The number of carbonyl (C=O) groups excluding carboxylic acids is 1. The van der Waals surface area contributed by atoms with E-state index in [-0.39, 0.29) is 0 Å². The molecule has 2 aromatic heterocycles. The molecule has 0 spiro atoms. The molecule has 1 N–H and O–H groups in total. The van der Waals surface area contributed by atoms with Crippen molar-refractivity contribution in [3.63, 3.8) is 0 Å². The highest BCUT2D eigenvalue weighted by Crippen LogP contribution is 2.26. The molecule has 0 bridgehead atoms. The minimum atomic E-state index is -0.702. The first-order valence-corrected chi connectivity index (χ1v) is 8.90. The fourth-order valence-corrected chi connectivity index (χ4v) is 2.68. The summed E-state index contributed by atoms with van der Waals surface area (Å²) in [6, 6.07) is 9.52. The van der Waals surface area contributed by atoms with Crippen molar-refractivity contribution < 1.29 is 13.9 Å². The number of ether oxygens (including phenoxy) is 1. The van der Waals surface area contributed by atoms with Gasteiger partial charge in [-0.25, -0.2) is 13.9 Å². The Balaban J connectivity index is 1.78. The average Bonchev–Trinajstić information content (AvgIpc) is 2.98. The van der Waals surface area contributed by atoms with Gasteiger partial charge in [0, 0.05) is 11.5 Å². The van der Waals surface area contributed by atoms with E-state index in [1.54, 1.807) is 32.2 Å². The molecule has 1 unspecified atom stereocenters. The van der Waals surface area contributed by atoms with Gasteiger partial charge in [-0.3, -0.25) is 10.3 Å². The molecule has 0 radical (unpaired) electrons. The molecule has 140 valence electrons. The number of carbonyl (C=O) groups is 1. The third kappa shape index (κ3) is 4.30. The molecule has 1 amide bonds. The van der Waals surface area contributed by atoms with Crippen LogP contribution in [0.1, 0.15) is 24.3 Å². The molecule has 1 atom stereocenters. The van der Waals surface area contributed by atoms with Crippen LogP contribution in [-0.2, 0) is 11.8 Å². The van der Waals surface area contributed by atoms with Gasteiger partial charge in [-0.1, -0.05) is 17.3 Å². The zero-order valence-corrected chi connectivity index (χ0v) is 16.5. The Morgan fingerprint density at radius 3 is 2.81 bits per heavy atom. The Morgan fingerprint density at radius 2 is 2.11 bits per heavy atom. The highest BCUT2D eigenvalue weighted by atomic mass is 79.9. The third-order valence-corrected chi connectivity index (χ3v) is 4.75. The number of aromatic nitrogens is 4. The maximum absolute atomic E-state index is 13.3. The molecular weight excluding hydrogens is 417 g/mol. The Kier molecular flexibility index (Phi) is 5.50.